The highest BCUT2D eigenvalue weighted by atomic mass is 32.1. The van der Waals surface area contributed by atoms with Gasteiger partial charge in [-0.1, -0.05) is 12.1 Å². The predicted molar refractivity (Wildman–Crippen MR) is 87.6 cm³/mol. The molecule has 0 N–H and O–H groups in total. The van der Waals surface area contributed by atoms with Crippen molar-refractivity contribution >= 4 is 28.6 Å². The van der Waals surface area contributed by atoms with Crippen molar-refractivity contribution in [2.45, 2.75) is 13.2 Å². The fourth-order valence-corrected chi connectivity index (χ4v) is 3.38. The summed E-state index contributed by atoms with van der Waals surface area (Å²) < 4.78 is 33.6. The predicted octanol–water partition coefficient (Wildman–Crippen LogP) is 4.83. The molecule has 24 heavy (non-hydrogen) atoms. The van der Waals surface area contributed by atoms with E-state index in [1.165, 1.54) is 23.5 Å². The quantitative estimate of drug-likeness (QED) is 0.586. The van der Waals surface area contributed by atoms with Crippen LogP contribution in [0, 0.1) is 0 Å². The van der Waals surface area contributed by atoms with Gasteiger partial charge in [-0.25, -0.2) is 9.78 Å². The lowest BCUT2D eigenvalue weighted by atomic mass is 10.2. The van der Waals surface area contributed by atoms with E-state index in [1.807, 2.05) is 16.8 Å². The normalized spacial score (nSPS) is 10.8. The topological polar surface area (TPSA) is 48.4 Å². The second-order valence-corrected chi connectivity index (χ2v) is 6.29. The molecule has 0 fully saturated rings. The van der Waals surface area contributed by atoms with E-state index in [9.17, 15) is 13.6 Å². The Labute approximate surface area is 144 Å². The van der Waals surface area contributed by atoms with Crippen molar-refractivity contribution in [1.29, 1.82) is 0 Å². The van der Waals surface area contributed by atoms with Gasteiger partial charge in [0.05, 0.1) is 0 Å². The summed E-state index contributed by atoms with van der Waals surface area (Å²) in [6, 6.07) is 7.84. The monoisotopic (exact) mass is 367 g/mol. The molecule has 0 aliphatic carbocycles. The van der Waals surface area contributed by atoms with Crippen LogP contribution in [0.25, 0.3) is 10.6 Å². The second kappa shape index (κ2) is 7.50. The highest BCUT2D eigenvalue weighted by Crippen LogP contribution is 2.26. The van der Waals surface area contributed by atoms with E-state index in [4.69, 9.17) is 4.74 Å². The summed E-state index contributed by atoms with van der Waals surface area (Å²) in [7, 11) is 0. The number of esters is 1. The molecular formula is C16H11F2NO3S2. The largest absolute Gasteiger partial charge is 0.456 e. The van der Waals surface area contributed by atoms with Gasteiger partial charge in [0.1, 0.15) is 17.4 Å². The Morgan fingerprint density at radius 3 is 2.62 bits per heavy atom. The summed E-state index contributed by atoms with van der Waals surface area (Å²) in [5, 5.41) is 6.30. The van der Waals surface area contributed by atoms with Gasteiger partial charge in [0.25, 0.3) is 0 Å². The maximum Gasteiger partial charge on any atom is 0.387 e. The SMILES string of the molecule is O=C(OCc1ccc(OC(F)F)cc1)c1csc(-c2ccsc2)n1. The number of thiazole rings is 1. The van der Waals surface area contributed by atoms with Crippen LogP contribution < -0.4 is 4.74 Å². The number of rotatable bonds is 6. The van der Waals surface area contributed by atoms with Gasteiger partial charge in [0, 0.05) is 16.3 Å². The number of hydrogen-bond donors (Lipinski definition) is 0. The van der Waals surface area contributed by atoms with E-state index in [0.29, 0.717) is 5.56 Å². The molecule has 3 rings (SSSR count). The van der Waals surface area contributed by atoms with Crippen LogP contribution >= 0.6 is 22.7 Å². The zero-order valence-corrected chi connectivity index (χ0v) is 13.8. The van der Waals surface area contributed by atoms with E-state index in [2.05, 4.69) is 9.72 Å². The van der Waals surface area contributed by atoms with E-state index >= 15 is 0 Å². The minimum absolute atomic E-state index is 0.0269. The van der Waals surface area contributed by atoms with Gasteiger partial charge in [-0.15, -0.1) is 11.3 Å². The molecular weight excluding hydrogens is 356 g/mol. The van der Waals surface area contributed by atoms with Crippen LogP contribution in [0.1, 0.15) is 16.1 Å². The molecule has 3 aromatic rings. The van der Waals surface area contributed by atoms with E-state index in [0.717, 1.165) is 10.6 Å². The molecule has 4 nitrogen and oxygen atoms in total. The lowest BCUT2D eigenvalue weighted by Gasteiger charge is -2.06. The first-order valence-corrected chi connectivity index (χ1v) is 8.63. The number of ether oxygens (including phenoxy) is 2. The molecule has 0 atom stereocenters. The summed E-state index contributed by atoms with van der Waals surface area (Å²) >= 11 is 2.93. The first-order valence-electron chi connectivity index (χ1n) is 6.81. The molecule has 8 heteroatoms. The summed E-state index contributed by atoms with van der Waals surface area (Å²) in [5.74, 6) is -0.472. The van der Waals surface area contributed by atoms with Crippen LogP contribution in [0.4, 0.5) is 8.78 Å². The van der Waals surface area contributed by atoms with Gasteiger partial charge >= 0.3 is 12.6 Å². The number of benzene rings is 1. The van der Waals surface area contributed by atoms with Gasteiger partial charge in [-0.3, -0.25) is 0 Å². The third-order valence-corrected chi connectivity index (χ3v) is 4.57. The number of aromatic nitrogens is 1. The first-order chi connectivity index (χ1) is 11.6. The molecule has 2 aromatic heterocycles. The lowest BCUT2D eigenvalue weighted by Crippen LogP contribution is -2.06. The third-order valence-electron chi connectivity index (χ3n) is 3.00. The molecule has 124 valence electrons. The molecule has 2 heterocycles. The zero-order chi connectivity index (χ0) is 16.9. The van der Waals surface area contributed by atoms with Crippen LogP contribution in [-0.4, -0.2) is 17.6 Å². The number of hydrogen-bond acceptors (Lipinski definition) is 6. The molecule has 0 amide bonds. The highest BCUT2D eigenvalue weighted by molar-refractivity contribution is 7.14. The zero-order valence-electron chi connectivity index (χ0n) is 12.1. The van der Waals surface area contributed by atoms with Gasteiger partial charge in [-0.05, 0) is 29.1 Å². The van der Waals surface area contributed by atoms with Gasteiger partial charge in [-0.2, -0.15) is 20.1 Å². The molecule has 0 aliphatic heterocycles. The average Bonchev–Trinajstić information content (AvgIpc) is 3.24. The number of halogens is 2. The Morgan fingerprint density at radius 1 is 1.17 bits per heavy atom. The van der Waals surface area contributed by atoms with Gasteiger partial charge in [0.2, 0.25) is 0 Å². The van der Waals surface area contributed by atoms with Crippen molar-refractivity contribution < 1.29 is 23.0 Å². The lowest BCUT2D eigenvalue weighted by molar-refractivity contribution is -0.0498. The van der Waals surface area contributed by atoms with E-state index in [-0.39, 0.29) is 18.1 Å². The second-order valence-electron chi connectivity index (χ2n) is 4.65. The first kappa shape index (κ1) is 16.5. The molecule has 0 spiro atoms. The summed E-state index contributed by atoms with van der Waals surface area (Å²) in [6.07, 6.45) is 0. The molecule has 0 saturated carbocycles. The van der Waals surface area contributed by atoms with Crippen molar-refractivity contribution in [3.8, 4) is 16.3 Å². The van der Waals surface area contributed by atoms with Crippen LogP contribution in [0.15, 0.2) is 46.5 Å². The molecule has 0 bridgehead atoms. The van der Waals surface area contributed by atoms with Crippen LogP contribution in [0.3, 0.4) is 0 Å². The smallest absolute Gasteiger partial charge is 0.387 e. The summed E-state index contributed by atoms with van der Waals surface area (Å²) in [5.41, 5.74) is 1.88. The third kappa shape index (κ3) is 4.15. The molecule has 0 saturated heterocycles. The number of carbonyl (C=O) groups excluding carboxylic acids is 1. The van der Waals surface area contributed by atoms with Crippen LogP contribution in [-0.2, 0) is 11.3 Å². The number of thiophene rings is 1. The van der Waals surface area contributed by atoms with Crippen LogP contribution in [0.2, 0.25) is 0 Å². The van der Waals surface area contributed by atoms with Crippen LogP contribution in [0.5, 0.6) is 5.75 Å². The Kier molecular flexibility index (Phi) is 5.17. The van der Waals surface area contributed by atoms with E-state index in [1.54, 1.807) is 28.8 Å². The Balaban J connectivity index is 1.57. The van der Waals surface area contributed by atoms with Crippen molar-refractivity contribution in [3.63, 3.8) is 0 Å². The summed E-state index contributed by atoms with van der Waals surface area (Å²) in [4.78, 5) is 16.3. The van der Waals surface area contributed by atoms with Crippen molar-refractivity contribution in [2.24, 2.45) is 0 Å². The average molecular weight is 367 g/mol. The number of carbonyl (C=O) groups is 1. The Hall–Kier alpha value is -2.32. The highest BCUT2D eigenvalue weighted by Gasteiger charge is 2.13. The Bertz CT molecular complexity index is 801. The van der Waals surface area contributed by atoms with Crippen molar-refractivity contribution in [3.05, 3.63) is 57.7 Å². The minimum Gasteiger partial charge on any atom is -0.456 e. The van der Waals surface area contributed by atoms with E-state index < -0.39 is 12.6 Å². The van der Waals surface area contributed by atoms with Crippen molar-refractivity contribution in [1.82, 2.24) is 4.98 Å². The molecule has 0 aliphatic rings. The summed E-state index contributed by atoms with van der Waals surface area (Å²) in [6.45, 7) is -2.84. The fourth-order valence-electron chi connectivity index (χ4n) is 1.88. The van der Waals surface area contributed by atoms with Gasteiger partial charge in [0.15, 0.2) is 5.69 Å². The Morgan fingerprint density at radius 2 is 1.96 bits per heavy atom. The maximum absolute atomic E-state index is 12.1. The number of nitrogens with zero attached hydrogens (tertiary/aromatic N) is 1. The fraction of sp³-hybridized carbons (Fsp3) is 0.125. The minimum atomic E-state index is -2.87. The molecule has 0 unspecified atom stereocenters. The maximum atomic E-state index is 12.1. The molecule has 0 radical (unpaired) electrons. The van der Waals surface area contributed by atoms with Crippen molar-refractivity contribution in [2.75, 3.05) is 0 Å². The standard InChI is InChI=1S/C16H11F2NO3S2/c17-16(18)22-12-3-1-10(2-4-12)7-21-15(20)13-9-24-14(19-13)11-5-6-23-8-11/h1-6,8-9,16H,7H2. The molecule has 1 aromatic carbocycles. The number of alkyl halides is 2. The van der Waals surface area contributed by atoms with Gasteiger partial charge < -0.3 is 9.47 Å².